The van der Waals surface area contributed by atoms with Crippen LogP contribution in [0.15, 0.2) is 42.5 Å². The Balaban J connectivity index is 1.29. The number of fused-ring (bicyclic) bond motifs is 2. The fraction of sp³-hybridized carbons (Fsp3) is 0.211. The number of carbonyl (C=O) groups excluding carboxylic acids is 2. The van der Waals surface area contributed by atoms with Gasteiger partial charge in [-0.25, -0.2) is 0 Å². The second kappa shape index (κ2) is 6.87. The molecule has 7 heteroatoms. The first-order valence-electron chi connectivity index (χ1n) is 8.47. The molecular formula is C19H18N4O3. The average molecular weight is 350 g/mol. The van der Waals surface area contributed by atoms with E-state index >= 15 is 0 Å². The number of aromatic nitrogens is 2. The number of amides is 2. The van der Waals surface area contributed by atoms with Gasteiger partial charge < -0.3 is 15.4 Å². The summed E-state index contributed by atoms with van der Waals surface area (Å²) in [6.07, 6.45) is 0.824. The van der Waals surface area contributed by atoms with Crippen molar-refractivity contribution in [3.63, 3.8) is 0 Å². The van der Waals surface area contributed by atoms with Crippen LogP contribution in [0.2, 0.25) is 0 Å². The lowest BCUT2D eigenvalue weighted by atomic mass is 10.1. The van der Waals surface area contributed by atoms with E-state index in [9.17, 15) is 9.59 Å². The molecule has 7 nitrogen and oxygen atoms in total. The number of hydrogen-bond acceptors (Lipinski definition) is 4. The van der Waals surface area contributed by atoms with Crippen LogP contribution in [0, 0.1) is 0 Å². The summed E-state index contributed by atoms with van der Waals surface area (Å²) in [6, 6.07) is 12.9. The van der Waals surface area contributed by atoms with E-state index in [0.29, 0.717) is 31.0 Å². The Morgan fingerprint density at radius 1 is 1.08 bits per heavy atom. The molecule has 0 saturated carbocycles. The Labute approximate surface area is 149 Å². The molecule has 2 amide bonds. The van der Waals surface area contributed by atoms with Crippen molar-refractivity contribution in [1.82, 2.24) is 20.8 Å². The van der Waals surface area contributed by atoms with Gasteiger partial charge >= 0.3 is 0 Å². The van der Waals surface area contributed by atoms with Gasteiger partial charge in [-0.3, -0.25) is 14.7 Å². The molecule has 0 atom stereocenters. The van der Waals surface area contributed by atoms with Gasteiger partial charge in [-0.05, 0) is 29.8 Å². The molecule has 26 heavy (non-hydrogen) atoms. The lowest BCUT2D eigenvalue weighted by molar-refractivity contribution is 0.0926. The maximum atomic E-state index is 12.2. The van der Waals surface area contributed by atoms with Crippen molar-refractivity contribution in [3.05, 3.63) is 59.3 Å². The van der Waals surface area contributed by atoms with Crippen LogP contribution in [0.3, 0.4) is 0 Å². The summed E-state index contributed by atoms with van der Waals surface area (Å²) < 4.78 is 5.44. The second-order valence-electron chi connectivity index (χ2n) is 6.05. The maximum absolute atomic E-state index is 12.2. The van der Waals surface area contributed by atoms with Crippen LogP contribution >= 0.6 is 0 Å². The quantitative estimate of drug-likeness (QED) is 0.610. The molecule has 2 heterocycles. The van der Waals surface area contributed by atoms with Crippen molar-refractivity contribution >= 4 is 22.7 Å². The summed E-state index contributed by atoms with van der Waals surface area (Å²) in [5.74, 6) is 0.408. The molecule has 2 aromatic carbocycles. The molecule has 1 aliphatic rings. The third-order valence-corrected chi connectivity index (χ3v) is 4.33. The molecule has 0 unspecified atom stereocenters. The van der Waals surface area contributed by atoms with E-state index in [1.54, 1.807) is 6.07 Å². The number of hydrogen-bond donors (Lipinski definition) is 3. The molecule has 0 bridgehead atoms. The highest BCUT2D eigenvalue weighted by Gasteiger charge is 2.15. The summed E-state index contributed by atoms with van der Waals surface area (Å²) in [4.78, 5) is 24.5. The fourth-order valence-corrected chi connectivity index (χ4v) is 3.00. The van der Waals surface area contributed by atoms with Crippen molar-refractivity contribution in [1.29, 1.82) is 0 Å². The van der Waals surface area contributed by atoms with E-state index in [2.05, 4.69) is 20.8 Å². The van der Waals surface area contributed by atoms with Crippen LogP contribution in [0.25, 0.3) is 10.9 Å². The van der Waals surface area contributed by atoms with E-state index in [-0.39, 0.29) is 11.8 Å². The summed E-state index contributed by atoms with van der Waals surface area (Å²) in [6.45, 7) is 1.31. The third kappa shape index (κ3) is 3.11. The van der Waals surface area contributed by atoms with Crippen LogP contribution < -0.4 is 15.4 Å². The zero-order valence-corrected chi connectivity index (χ0v) is 14.0. The fourth-order valence-electron chi connectivity index (χ4n) is 3.00. The summed E-state index contributed by atoms with van der Waals surface area (Å²) in [7, 11) is 0. The van der Waals surface area contributed by atoms with Gasteiger partial charge in [0.05, 0.1) is 12.1 Å². The molecule has 3 N–H and O–H groups in total. The van der Waals surface area contributed by atoms with Gasteiger partial charge in [0.2, 0.25) is 0 Å². The molecule has 0 spiro atoms. The Morgan fingerprint density at radius 3 is 2.77 bits per heavy atom. The molecular weight excluding hydrogens is 332 g/mol. The molecule has 4 rings (SSSR count). The summed E-state index contributed by atoms with van der Waals surface area (Å²) in [5, 5.41) is 13.2. The minimum atomic E-state index is -0.272. The number of ether oxygens (including phenoxy) is 1. The first-order valence-corrected chi connectivity index (χ1v) is 8.47. The van der Waals surface area contributed by atoms with E-state index in [1.165, 1.54) is 0 Å². The molecule has 1 aromatic heterocycles. The largest absolute Gasteiger partial charge is 0.493 e. The van der Waals surface area contributed by atoms with E-state index in [4.69, 9.17) is 4.74 Å². The smallest absolute Gasteiger partial charge is 0.272 e. The molecule has 0 aliphatic carbocycles. The number of rotatable bonds is 5. The van der Waals surface area contributed by atoms with E-state index in [0.717, 1.165) is 28.6 Å². The molecule has 3 aromatic rings. The van der Waals surface area contributed by atoms with Gasteiger partial charge in [0.15, 0.2) is 5.69 Å². The van der Waals surface area contributed by atoms with Gasteiger partial charge in [0.1, 0.15) is 5.75 Å². The minimum absolute atomic E-state index is 0.167. The van der Waals surface area contributed by atoms with Crippen LogP contribution in [0.5, 0.6) is 5.75 Å². The SMILES string of the molecule is O=C(NCCNC(=O)c1n[nH]c2ccccc12)c1ccc2c(c1)CCO2. The zero-order valence-electron chi connectivity index (χ0n) is 14.0. The monoisotopic (exact) mass is 350 g/mol. The lowest BCUT2D eigenvalue weighted by Crippen LogP contribution is -2.34. The predicted octanol–water partition coefficient (Wildman–Crippen LogP) is 1.66. The number of benzene rings is 2. The van der Waals surface area contributed by atoms with E-state index in [1.807, 2.05) is 36.4 Å². The number of aromatic amines is 1. The van der Waals surface area contributed by atoms with Gasteiger partial charge in [-0.15, -0.1) is 0 Å². The van der Waals surface area contributed by atoms with Gasteiger partial charge in [-0.1, -0.05) is 18.2 Å². The van der Waals surface area contributed by atoms with Crippen LogP contribution in [0.4, 0.5) is 0 Å². The van der Waals surface area contributed by atoms with Crippen LogP contribution in [-0.4, -0.2) is 41.7 Å². The first kappa shape index (κ1) is 16.1. The molecule has 1 aliphatic heterocycles. The highest BCUT2D eigenvalue weighted by atomic mass is 16.5. The molecule has 0 saturated heterocycles. The summed E-state index contributed by atoms with van der Waals surface area (Å²) >= 11 is 0. The number of nitrogens with zero attached hydrogens (tertiary/aromatic N) is 1. The maximum Gasteiger partial charge on any atom is 0.272 e. The van der Waals surface area contributed by atoms with Crippen molar-refractivity contribution in [2.45, 2.75) is 6.42 Å². The zero-order chi connectivity index (χ0) is 17.9. The highest BCUT2D eigenvalue weighted by Crippen LogP contribution is 2.25. The average Bonchev–Trinajstić information content (AvgIpc) is 3.30. The molecule has 0 fully saturated rings. The lowest BCUT2D eigenvalue weighted by Gasteiger charge is -2.07. The first-order chi connectivity index (χ1) is 12.7. The topological polar surface area (TPSA) is 96.1 Å². The molecule has 132 valence electrons. The number of nitrogens with one attached hydrogen (secondary N) is 3. The standard InChI is InChI=1S/C19H18N4O3/c24-18(13-5-6-16-12(11-13)7-10-26-16)20-8-9-21-19(25)17-14-3-1-2-4-15(14)22-23-17/h1-6,11H,7-10H2,(H,20,24)(H,21,25)(H,22,23). The van der Waals surface area contributed by atoms with E-state index < -0.39 is 0 Å². The Bertz CT molecular complexity index is 980. The third-order valence-electron chi connectivity index (χ3n) is 4.33. The van der Waals surface area contributed by atoms with Gasteiger partial charge in [-0.2, -0.15) is 5.10 Å². The van der Waals surface area contributed by atoms with Crippen molar-refractivity contribution < 1.29 is 14.3 Å². The second-order valence-corrected chi connectivity index (χ2v) is 6.05. The normalized spacial score (nSPS) is 12.5. The van der Waals surface area contributed by atoms with Gasteiger partial charge in [0.25, 0.3) is 11.8 Å². The van der Waals surface area contributed by atoms with Crippen LogP contribution in [-0.2, 0) is 6.42 Å². The summed E-state index contributed by atoms with van der Waals surface area (Å²) in [5.41, 5.74) is 2.81. The number of para-hydroxylation sites is 1. The number of carbonyl (C=O) groups is 2. The number of H-pyrrole nitrogens is 1. The van der Waals surface area contributed by atoms with Gasteiger partial charge in [0, 0.05) is 30.5 Å². The van der Waals surface area contributed by atoms with Crippen LogP contribution in [0.1, 0.15) is 26.4 Å². The van der Waals surface area contributed by atoms with Crippen molar-refractivity contribution in [3.8, 4) is 5.75 Å². The predicted molar refractivity (Wildman–Crippen MR) is 96.4 cm³/mol. The Kier molecular flexibility index (Phi) is 4.27. The highest BCUT2D eigenvalue weighted by molar-refractivity contribution is 6.04. The van der Waals surface area contributed by atoms with Crippen molar-refractivity contribution in [2.75, 3.05) is 19.7 Å². The Hall–Kier alpha value is -3.35. The minimum Gasteiger partial charge on any atom is -0.493 e. The Morgan fingerprint density at radius 2 is 1.88 bits per heavy atom. The van der Waals surface area contributed by atoms with Crippen molar-refractivity contribution in [2.24, 2.45) is 0 Å². The molecule has 0 radical (unpaired) electrons.